The summed E-state index contributed by atoms with van der Waals surface area (Å²) in [6.07, 6.45) is 1.43. The minimum absolute atomic E-state index is 0.00883. The first-order valence-corrected chi connectivity index (χ1v) is 15.6. The highest BCUT2D eigenvalue weighted by atomic mass is 32.2. The van der Waals surface area contributed by atoms with E-state index in [1.165, 1.54) is 25.3 Å². The number of aryl methyl sites for hydroxylation is 1. The molecule has 2 aromatic rings. The number of methoxy groups -OCH3 is 1. The van der Waals surface area contributed by atoms with Gasteiger partial charge in [0.1, 0.15) is 11.4 Å². The molecule has 0 atom stereocenters. The minimum atomic E-state index is -4.17. The minimum Gasteiger partial charge on any atom is -0.493 e. The van der Waals surface area contributed by atoms with Crippen LogP contribution >= 0.6 is 0 Å². The van der Waals surface area contributed by atoms with Gasteiger partial charge in [-0.05, 0) is 60.4 Å². The van der Waals surface area contributed by atoms with Crippen molar-refractivity contribution in [2.45, 2.75) is 71.1 Å². The second-order valence-electron chi connectivity index (χ2n) is 13.3. The predicted octanol–water partition coefficient (Wildman–Crippen LogP) is 5.54. The van der Waals surface area contributed by atoms with E-state index in [1.54, 1.807) is 29.2 Å². The number of carbonyl (C=O) groups is 3. The van der Waals surface area contributed by atoms with E-state index in [0.29, 0.717) is 40.9 Å². The molecule has 10 heteroatoms. The Labute approximate surface area is 252 Å². The molecule has 0 unspecified atom stereocenters. The van der Waals surface area contributed by atoms with Gasteiger partial charge in [-0.1, -0.05) is 51.5 Å². The smallest absolute Gasteiger partial charge is 0.339 e. The van der Waals surface area contributed by atoms with Gasteiger partial charge in [0.25, 0.3) is 0 Å². The number of Topliss-reactive ketones (excluding diaryl/α,β-unsaturated/α-hetero) is 2. The predicted molar refractivity (Wildman–Crippen MR) is 159 cm³/mol. The number of hydrogen-bond donors (Lipinski definition) is 1. The van der Waals surface area contributed by atoms with Crippen LogP contribution in [0, 0.1) is 17.8 Å². The van der Waals surface area contributed by atoms with Crippen LogP contribution in [0.15, 0.2) is 69.9 Å². The van der Waals surface area contributed by atoms with Crippen LogP contribution in [0.2, 0.25) is 0 Å². The van der Waals surface area contributed by atoms with Gasteiger partial charge in [0.15, 0.2) is 23.1 Å². The van der Waals surface area contributed by atoms with E-state index in [1.807, 2.05) is 34.6 Å². The van der Waals surface area contributed by atoms with Gasteiger partial charge in [-0.3, -0.25) is 14.4 Å². The van der Waals surface area contributed by atoms with E-state index in [4.69, 9.17) is 8.92 Å². The number of rotatable bonds is 7. The van der Waals surface area contributed by atoms with Crippen LogP contribution < -0.4 is 8.92 Å². The number of aliphatic carboxylic acids is 1. The fourth-order valence-corrected chi connectivity index (χ4v) is 7.45. The summed E-state index contributed by atoms with van der Waals surface area (Å²) in [4.78, 5) is 41.5. The first kappa shape index (κ1) is 30.5. The van der Waals surface area contributed by atoms with Crippen molar-refractivity contribution in [1.82, 2.24) is 4.90 Å². The number of carboxylic acid groups (broad SMARTS) is 1. The Kier molecular flexibility index (Phi) is 7.57. The molecule has 1 heterocycles. The summed E-state index contributed by atoms with van der Waals surface area (Å²) in [7, 11) is -2.78. The molecule has 0 spiro atoms. The molecule has 9 nitrogen and oxygen atoms in total. The van der Waals surface area contributed by atoms with Crippen LogP contribution in [0.3, 0.4) is 0 Å². The third-order valence-corrected chi connectivity index (χ3v) is 9.59. The monoisotopic (exact) mass is 607 g/mol. The van der Waals surface area contributed by atoms with Gasteiger partial charge in [0, 0.05) is 41.3 Å². The van der Waals surface area contributed by atoms with Crippen LogP contribution in [0.4, 0.5) is 0 Å². The maximum absolute atomic E-state index is 13.9. The first-order valence-electron chi connectivity index (χ1n) is 14.2. The molecule has 1 aliphatic heterocycles. The van der Waals surface area contributed by atoms with Crippen LogP contribution in [-0.4, -0.2) is 49.6 Å². The molecule has 5 rings (SSSR count). The molecule has 0 bridgehead atoms. The molecule has 228 valence electrons. The van der Waals surface area contributed by atoms with Crippen LogP contribution in [0.5, 0.6) is 11.5 Å². The fourth-order valence-electron chi connectivity index (χ4n) is 6.51. The SMILES string of the molecule is COc1cc(C2C3=C(CC(C)(C)CC3=O)N(CC(=O)O)C3=C2C(=O)CC(C)(C)C3)ccc1OS(=O)(=O)c1ccc(C)cc1. The summed E-state index contributed by atoms with van der Waals surface area (Å²) in [6, 6.07) is 11.0. The summed E-state index contributed by atoms with van der Waals surface area (Å²) in [5.41, 5.74) is 2.74. The van der Waals surface area contributed by atoms with Gasteiger partial charge in [0.05, 0.1) is 7.11 Å². The molecule has 0 amide bonds. The molecule has 0 saturated heterocycles. The number of ether oxygens (including phenoxy) is 1. The number of hydrogen-bond acceptors (Lipinski definition) is 8. The van der Waals surface area contributed by atoms with E-state index < -0.39 is 32.8 Å². The summed E-state index contributed by atoms with van der Waals surface area (Å²) in [5.74, 6) is -2.00. The van der Waals surface area contributed by atoms with Gasteiger partial charge in [0.2, 0.25) is 0 Å². The molecular formula is C33H37NO8S. The zero-order valence-corrected chi connectivity index (χ0v) is 26.1. The van der Waals surface area contributed by atoms with Crippen molar-refractivity contribution in [3.8, 4) is 11.5 Å². The molecule has 0 aromatic heterocycles. The lowest BCUT2D eigenvalue weighted by Crippen LogP contribution is -2.45. The lowest BCUT2D eigenvalue weighted by atomic mass is 9.63. The highest BCUT2D eigenvalue weighted by Crippen LogP contribution is 2.55. The number of carbonyl (C=O) groups excluding carboxylic acids is 2. The third kappa shape index (κ3) is 5.85. The van der Waals surface area contributed by atoms with E-state index in [0.717, 1.165) is 5.56 Å². The molecule has 43 heavy (non-hydrogen) atoms. The number of ketones is 2. The van der Waals surface area contributed by atoms with Gasteiger partial charge in [-0.25, -0.2) is 0 Å². The fraction of sp³-hybridized carbons (Fsp3) is 0.424. The molecule has 0 saturated carbocycles. The molecule has 2 aromatic carbocycles. The summed E-state index contributed by atoms with van der Waals surface area (Å²) in [5, 5.41) is 9.87. The standard InChI is InChI=1S/C33H37NO8S/c1-19-7-10-21(11-8-19)43(39,40)42-26-12-9-20(13-27(26)41-6)29-30-22(14-32(2,3)16-24(30)35)34(18-28(37)38)23-15-33(4,5)17-25(36)31(23)29/h7-13,29H,14-18H2,1-6H3,(H,37,38). The largest absolute Gasteiger partial charge is 0.493 e. The molecule has 0 fully saturated rings. The molecular weight excluding hydrogens is 570 g/mol. The molecule has 2 aliphatic carbocycles. The van der Waals surface area contributed by atoms with Gasteiger partial charge >= 0.3 is 16.1 Å². The van der Waals surface area contributed by atoms with E-state index in [2.05, 4.69) is 0 Å². The van der Waals surface area contributed by atoms with E-state index in [-0.39, 0.29) is 47.3 Å². The number of allylic oxidation sites excluding steroid dienone is 4. The Morgan fingerprint density at radius 1 is 0.884 bits per heavy atom. The van der Waals surface area contributed by atoms with Crippen molar-refractivity contribution in [2.24, 2.45) is 10.8 Å². The van der Waals surface area contributed by atoms with Crippen LogP contribution in [0.25, 0.3) is 0 Å². The van der Waals surface area contributed by atoms with E-state index >= 15 is 0 Å². The average Bonchev–Trinajstić information content (AvgIpc) is 2.88. The molecule has 0 radical (unpaired) electrons. The normalized spacial score (nSPS) is 20.1. The van der Waals surface area contributed by atoms with Crippen molar-refractivity contribution in [3.63, 3.8) is 0 Å². The molecule has 1 N–H and O–H groups in total. The summed E-state index contributed by atoms with van der Waals surface area (Å²) < 4.78 is 37.1. The van der Waals surface area contributed by atoms with Crippen molar-refractivity contribution in [1.29, 1.82) is 0 Å². The third-order valence-electron chi connectivity index (χ3n) is 8.35. The van der Waals surface area contributed by atoms with Gasteiger partial charge in [-0.15, -0.1) is 0 Å². The maximum atomic E-state index is 13.9. The first-order chi connectivity index (χ1) is 20.0. The highest BCUT2D eigenvalue weighted by Gasteiger charge is 2.49. The Balaban J connectivity index is 1.67. The molecule has 3 aliphatic rings. The van der Waals surface area contributed by atoms with Crippen LogP contribution in [-0.2, 0) is 24.5 Å². The zero-order chi connectivity index (χ0) is 31.5. The van der Waals surface area contributed by atoms with Gasteiger partial charge < -0.3 is 18.9 Å². The Hall–Kier alpha value is -3.92. The zero-order valence-electron chi connectivity index (χ0n) is 25.3. The quantitative estimate of drug-likeness (QED) is 0.404. The van der Waals surface area contributed by atoms with Crippen molar-refractivity contribution in [3.05, 3.63) is 76.1 Å². The Morgan fingerprint density at radius 3 is 1.91 bits per heavy atom. The van der Waals surface area contributed by atoms with Gasteiger partial charge in [-0.2, -0.15) is 8.42 Å². The number of carboxylic acids is 1. The number of nitrogens with zero attached hydrogens (tertiary/aromatic N) is 1. The van der Waals surface area contributed by atoms with E-state index in [9.17, 15) is 27.9 Å². The summed E-state index contributed by atoms with van der Waals surface area (Å²) in [6.45, 7) is 9.41. The van der Waals surface area contributed by atoms with Crippen molar-refractivity contribution in [2.75, 3.05) is 13.7 Å². The Morgan fingerprint density at radius 2 is 1.42 bits per heavy atom. The maximum Gasteiger partial charge on any atom is 0.339 e. The second-order valence-corrected chi connectivity index (χ2v) is 14.8. The second kappa shape index (κ2) is 10.7. The summed E-state index contributed by atoms with van der Waals surface area (Å²) >= 11 is 0. The van der Waals surface area contributed by atoms with Crippen molar-refractivity contribution >= 4 is 27.7 Å². The van der Waals surface area contributed by atoms with Crippen LogP contribution in [0.1, 0.15) is 70.4 Å². The Bertz CT molecular complexity index is 1640. The lowest BCUT2D eigenvalue weighted by Gasteiger charge is -2.48. The topological polar surface area (TPSA) is 127 Å². The number of benzene rings is 2. The average molecular weight is 608 g/mol. The van der Waals surface area contributed by atoms with Crippen molar-refractivity contribution < 1.29 is 36.8 Å². The lowest BCUT2D eigenvalue weighted by molar-refractivity contribution is -0.138. The highest BCUT2D eigenvalue weighted by molar-refractivity contribution is 7.87.